The molecule has 180 valence electrons. The minimum absolute atomic E-state index is 0.165. The van der Waals surface area contributed by atoms with Crippen molar-refractivity contribution in [3.05, 3.63) is 53.5 Å². The van der Waals surface area contributed by atoms with E-state index in [4.69, 9.17) is 19.7 Å². The molecule has 1 fully saturated rings. The van der Waals surface area contributed by atoms with Gasteiger partial charge in [-0.15, -0.1) is 10.2 Å². The van der Waals surface area contributed by atoms with Gasteiger partial charge in [-0.3, -0.25) is 9.69 Å². The van der Waals surface area contributed by atoms with Gasteiger partial charge in [-0.25, -0.2) is 4.39 Å². The molecule has 1 aliphatic rings. The largest absolute Gasteiger partial charge is 0.472 e. The number of nitrogens with zero attached hydrogens (tertiary/aromatic N) is 5. The first-order valence-electron chi connectivity index (χ1n) is 10.9. The van der Waals surface area contributed by atoms with E-state index in [0.717, 1.165) is 11.1 Å². The zero-order chi connectivity index (χ0) is 24.1. The molecule has 1 unspecified atom stereocenters. The average molecular weight is 471 g/mol. The number of aryl methyl sites for hydroxylation is 1. The van der Waals surface area contributed by atoms with E-state index >= 15 is 0 Å². The van der Waals surface area contributed by atoms with Crippen molar-refractivity contribution in [2.24, 2.45) is 5.73 Å². The number of carbonyl (C=O) groups is 1. The molecule has 0 saturated carbocycles. The lowest BCUT2D eigenvalue weighted by atomic mass is 10.1. The number of carbonyl (C=O) groups excluding carboxylic acids is 1. The van der Waals surface area contributed by atoms with Gasteiger partial charge >= 0.3 is 5.97 Å². The van der Waals surface area contributed by atoms with Gasteiger partial charge in [-0.2, -0.15) is 0 Å². The smallest absolute Gasteiger partial charge is 0.324 e. The van der Waals surface area contributed by atoms with Crippen LogP contribution in [-0.2, 0) is 16.1 Å². The summed E-state index contributed by atoms with van der Waals surface area (Å²) in [6, 6.07) is 9.13. The highest BCUT2D eigenvalue weighted by Gasteiger charge is 2.33. The Bertz CT molecular complexity index is 1110. The second kappa shape index (κ2) is 10.6. The molecule has 11 heteroatoms. The number of hydrogen-bond donors (Lipinski definition) is 1. The van der Waals surface area contributed by atoms with Gasteiger partial charge in [-0.05, 0) is 37.3 Å². The monoisotopic (exact) mass is 470 g/mol. The lowest BCUT2D eigenvalue weighted by Crippen LogP contribution is -2.58. The summed E-state index contributed by atoms with van der Waals surface area (Å²) >= 11 is 0. The summed E-state index contributed by atoms with van der Waals surface area (Å²) in [5, 5.41) is 12.5. The van der Waals surface area contributed by atoms with Gasteiger partial charge in [0, 0.05) is 44.4 Å². The third-order valence-electron chi connectivity index (χ3n) is 5.80. The Morgan fingerprint density at radius 3 is 2.68 bits per heavy atom. The maximum absolute atomic E-state index is 13.3. The summed E-state index contributed by atoms with van der Waals surface area (Å²) < 4.78 is 29.4. The lowest BCUT2D eigenvalue weighted by molar-refractivity contribution is -0.147. The zero-order valence-electron chi connectivity index (χ0n) is 19.1. The topological polar surface area (TPSA) is 120 Å². The van der Waals surface area contributed by atoms with Gasteiger partial charge < -0.3 is 24.6 Å². The summed E-state index contributed by atoms with van der Waals surface area (Å²) in [6.07, 6.45) is 0. The second-order valence-corrected chi connectivity index (χ2v) is 7.90. The van der Waals surface area contributed by atoms with Gasteiger partial charge in [-0.1, -0.05) is 5.16 Å². The van der Waals surface area contributed by atoms with E-state index in [1.54, 1.807) is 31.2 Å². The van der Waals surface area contributed by atoms with Gasteiger partial charge in [0.25, 0.3) is 0 Å². The second-order valence-electron chi connectivity index (χ2n) is 7.90. The Balaban J connectivity index is 1.42. The molecule has 2 aromatic heterocycles. The van der Waals surface area contributed by atoms with Crippen LogP contribution in [0.1, 0.15) is 11.3 Å². The number of halogens is 1. The Labute approximate surface area is 196 Å². The molecule has 2 N–H and O–H groups in total. The number of esters is 1. The highest BCUT2D eigenvalue weighted by Crippen LogP contribution is 2.27. The molecule has 1 saturated heterocycles. The average Bonchev–Trinajstić information content (AvgIpc) is 3.23. The number of nitrogens with two attached hydrogens (primary N) is 1. The Hall–Kier alpha value is -3.57. The quantitative estimate of drug-likeness (QED) is 0.488. The van der Waals surface area contributed by atoms with Crippen LogP contribution < -0.4 is 15.4 Å². The third kappa shape index (κ3) is 5.15. The third-order valence-corrected chi connectivity index (χ3v) is 5.80. The van der Waals surface area contributed by atoms with Crippen LogP contribution in [0.4, 0.5) is 10.2 Å². The fraction of sp³-hybridized carbons (Fsp3) is 0.391. The number of aromatic nitrogens is 3. The summed E-state index contributed by atoms with van der Waals surface area (Å²) in [5.41, 5.74) is 7.74. The summed E-state index contributed by atoms with van der Waals surface area (Å²) in [7, 11) is 1.38. The van der Waals surface area contributed by atoms with E-state index in [0.29, 0.717) is 55.9 Å². The first-order chi connectivity index (χ1) is 16.5. The van der Waals surface area contributed by atoms with E-state index in [2.05, 4.69) is 15.4 Å². The Morgan fingerprint density at radius 2 is 2.00 bits per heavy atom. The van der Waals surface area contributed by atoms with Crippen LogP contribution in [-0.4, -0.2) is 72.1 Å². The van der Waals surface area contributed by atoms with Crippen molar-refractivity contribution < 1.29 is 23.2 Å². The van der Waals surface area contributed by atoms with Gasteiger partial charge in [0.2, 0.25) is 5.88 Å². The van der Waals surface area contributed by atoms with Crippen molar-refractivity contribution in [3.8, 4) is 17.1 Å². The Morgan fingerprint density at radius 1 is 1.21 bits per heavy atom. The van der Waals surface area contributed by atoms with Crippen molar-refractivity contribution >= 4 is 11.8 Å². The maximum Gasteiger partial charge on any atom is 0.324 e. The molecule has 1 aromatic carbocycles. The van der Waals surface area contributed by atoms with E-state index < -0.39 is 6.04 Å². The van der Waals surface area contributed by atoms with Crippen molar-refractivity contribution in [2.45, 2.75) is 19.6 Å². The van der Waals surface area contributed by atoms with E-state index in [1.807, 2.05) is 9.80 Å². The molecule has 0 radical (unpaired) electrons. The maximum atomic E-state index is 13.3. The normalized spacial score (nSPS) is 16.5. The van der Waals surface area contributed by atoms with E-state index in [9.17, 15) is 9.18 Å². The summed E-state index contributed by atoms with van der Waals surface area (Å²) in [6.45, 7) is 4.82. The number of methoxy groups -OCH3 is 1. The highest BCUT2D eigenvalue weighted by molar-refractivity contribution is 5.77. The van der Waals surface area contributed by atoms with Gasteiger partial charge in [0.1, 0.15) is 29.9 Å². The fourth-order valence-corrected chi connectivity index (χ4v) is 3.92. The van der Waals surface area contributed by atoms with Crippen molar-refractivity contribution in [1.82, 2.24) is 20.3 Å². The number of rotatable bonds is 8. The van der Waals surface area contributed by atoms with E-state index in [-0.39, 0.29) is 18.4 Å². The summed E-state index contributed by atoms with van der Waals surface area (Å²) in [4.78, 5) is 16.2. The predicted octanol–water partition coefficient (Wildman–Crippen LogP) is 1.78. The molecule has 4 rings (SSSR count). The highest BCUT2D eigenvalue weighted by atomic mass is 19.1. The van der Waals surface area contributed by atoms with Crippen LogP contribution in [0.2, 0.25) is 0 Å². The molecule has 0 aliphatic carbocycles. The van der Waals surface area contributed by atoms with Gasteiger partial charge in [0.15, 0.2) is 5.82 Å². The molecular formula is C23H27FN6O4. The van der Waals surface area contributed by atoms with Crippen molar-refractivity contribution in [1.29, 1.82) is 0 Å². The lowest BCUT2D eigenvalue weighted by Gasteiger charge is -2.40. The molecular weight excluding hydrogens is 443 g/mol. The van der Waals surface area contributed by atoms with Crippen LogP contribution in [0.3, 0.4) is 0 Å². The standard InChI is InChI=1S/C23H27FN6O4/c1-15-18(22(28-34-15)16-3-5-17(24)6-4-16)14-33-21-8-7-20(26-27-21)30-12-11-29(10-9-25)19(13-30)23(31)32-2/h3-8,19H,9-14,25H2,1-2H3. The fourth-order valence-electron chi connectivity index (χ4n) is 3.92. The molecule has 10 nitrogen and oxygen atoms in total. The molecule has 0 spiro atoms. The first-order valence-corrected chi connectivity index (χ1v) is 10.9. The summed E-state index contributed by atoms with van der Waals surface area (Å²) in [5.74, 6) is 0.957. The number of benzene rings is 1. The molecule has 1 aliphatic heterocycles. The van der Waals surface area contributed by atoms with Crippen LogP contribution in [0.15, 0.2) is 40.9 Å². The molecule has 1 atom stereocenters. The number of ether oxygens (including phenoxy) is 2. The SMILES string of the molecule is COC(=O)C1CN(c2ccc(OCc3c(-c4ccc(F)cc4)noc3C)nn2)CCN1CCN. The molecule has 34 heavy (non-hydrogen) atoms. The van der Waals surface area contributed by atoms with Gasteiger partial charge in [0.05, 0.1) is 12.7 Å². The molecule has 3 aromatic rings. The van der Waals surface area contributed by atoms with Crippen molar-refractivity contribution in [2.75, 3.05) is 44.7 Å². The zero-order valence-corrected chi connectivity index (χ0v) is 19.1. The number of anilines is 1. The van der Waals surface area contributed by atoms with Crippen LogP contribution >= 0.6 is 0 Å². The Kier molecular flexibility index (Phi) is 7.33. The van der Waals surface area contributed by atoms with Crippen LogP contribution in [0.5, 0.6) is 5.88 Å². The van der Waals surface area contributed by atoms with Crippen LogP contribution in [0.25, 0.3) is 11.3 Å². The predicted molar refractivity (Wildman–Crippen MR) is 122 cm³/mol. The minimum Gasteiger partial charge on any atom is -0.472 e. The van der Waals surface area contributed by atoms with E-state index in [1.165, 1.54) is 19.2 Å². The molecule has 0 bridgehead atoms. The first kappa shape index (κ1) is 23.6. The minimum atomic E-state index is -0.415. The number of hydrogen-bond acceptors (Lipinski definition) is 10. The molecule has 0 amide bonds. The van der Waals surface area contributed by atoms with Crippen LogP contribution in [0, 0.1) is 12.7 Å². The van der Waals surface area contributed by atoms with Crippen molar-refractivity contribution in [3.63, 3.8) is 0 Å². The molecule has 3 heterocycles. The number of piperazine rings is 1.